The van der Waals surface area contributed by atoms with Crippen LogP contribution < -0.4 is 9.47 Å². The van der Waals surface area contributed by atoms with Crippen LogP contribution in [0.1, 0.15) is 29.5 Å². The van der Waals surface area contributed by atoms with Gasteiger partial charge >= 0.3 is 0 Å². The predicted octanol–water partition coefficient (Wildman–Crippen LogP) is 5.88. The summed E-state index contributed by atoms with van der Waals surface area (Å²) in [5.41, 5.74) is 0.683. The van der Waals surface area contributed by atoms with Crippen molar-refractivity contribution >= 4 is 34.7 Å². The van der Waals surface area contributed by atoms with E-state index in [1.165, 1.54) is 0 Å². The number of amidine groups is 1. The molecule has 0 aliphatic heterocycles. The van der Waals surface area contributed by atoms with Gasteiger partial charge < -0.3 is 19.7 Å². The van der Waals surface area contributed by atoms with Crippen molar-refractivity contribution in [3.05, 3.63) is 87.4 Å². The monoisotopic (exact) mass is 512 g/mol. The third-order valence-electron chi connectivity index (χ3n) is 6.02. The number of phenolic OH excluding ortho intramolecular Hbond substituents is 1. The number of aliphatic hydroxyl groups is 1. The fourth-order valence-corrected chi connectivity index (χ4v) is 4.52. The zero-order valence-corrected chi connectivity index (χ0v) is 21.1. The summed E-state index contributed by atoms with van der Waals surface area (Å²) in [6, 6.07) is 17.7. The Morgan fingerprint density at radius 3 is 1.86 bits per heavy atom. The molecular formula is C27H26Cl2N2O4. The second-order valence-corrected chi connectivity index (χ2v) is 9.10. The Hall–Kier alpha value is -3.06. The van der Waals surface area contributed by atoms with Gasteiger partial charge in [-0.3, -0.25) is 4.99 Å². The normalized spacial score (nSPS) is 14.7. The number of hydrogen-bond acceptors (Lipinski definition) is 5. The highest BCUT2D eigenvalue weighted by molar-refractivity contribution is 6.37. The lowest BCUT2D eigenvalue weighted by Crippen LogP contribution is -2.39. The number of aliphatic imine (C=N–C) groups is 2. The van der Waals surface area contributed by atoms with Crippen LogP contribution in [0.4, 0.5) is 0 Å². The largest absolute Gasteiger partial charge is 0.505 e. The van der Waals surface area contributed by atoms with Gasteiger partial charge in [-0.15, -0.1) is 0 Å². The smallest absolute Gasteiger partial charge is 0.154 e. The van der Waals surface area contributed by atoms with Crippen molar-refractivity contribution in [1.29, 1.82) is 0 Å². The van der Waals surface area contributed by atoms with Crippen LogP contribution in [0, 0.1) is 5.92 Å². The van der Waals surface area contributed by atoms with Gasteiger partial charge in [-0.05, 0) is 60.4 Å². The molecule has 1 aliphatic carbocycles. The number of aromatic hydroxyl groups is 1. The maximum absolute atomic E-state index is 12.5. The van der Waals surface area contributed by atoms with Crippen LogP contribution in [0.25, 0.3) is 0 Å². The molecule has 4 rings (SSSR count). The molecule has 6 nitrogen and oxygen atoms in total. The summed E-state index contributed by atoms with van der Waals surface area (Å²) in [7, 11) is 4.77. The first-order chi connectivity index (χ1) is 16.8. The summed E-state index contributed by atoms with van der Waals surface area (Å²) in [4.78, 5) is 9.27. The van der Waals surface area contributed by atoms with Crippen LogP contribution in [0.2, 0.25) is 10.0 Å². The maximum Gasteiger partial charge on any atom is 0.154 e. The number of phenols is 1. The van der Waals surface area contributed by atoms with E-state index in [2.05, 4.69) is 4.99 Å². The molecule has 0 bridgehead atoms. The van der Waals surface area contributed by atoms with E-state index in [-0.39, 0.29) is 21.7 Å². The molecule has 8 heteroatoms. The molecule has 0 saturated heterocycles. The zero-order valence-electron chi connectivity index (χ0n) is 19.6. The molecule has 1 aliphatic rings. The number of methoxy groups -OCH3 is 2. The van der Waals surface area contributed by atoms with Gasteiger partial charge in [0, 0.05) is 18.5 Å². The minimum Gasteiger partial charge on any atom is -0.505 e. The average molecular weight is 513 g/mol. The molecule has 0 spiro atoms. The van der Waals surface area contributed by atoms with Crippen molar-refractivity contribution in [2.75, 3.05) is 21.3 Å². The molecule has 2 N–H and O–H groups in total. The number of benzene rings is 3. The average Bonchev–Trinajstić information content (AvgIpc) is 3.72. The minimum absolute atomic E-state index is 0.0391. The van der Waals surface area contributed by atoms with Gasteiger partial charge in [0.05, 0.1) is 30.0 Å². The fourth-order valence-electron chi connectivity index (χ4n) is 4.04. The standard InChI is InChI=1S/C27H26Cl2N2O4/c1-30-26(17-12-22(28)24(32)23(29)13-17)31-25(16-10-11-16)27(33,18-6-4-8-20(14-18)34-2)19-7-5-9-21(15-19)35-3/h4-9,12-16,32-33H,10-11H2,1-3H3. The van der Waals surface area contributed by atoms with Crippen LogP contribution in [0.3, 0.4) is 0 Å². The topological polar surface area (TPSA) is 83.6 Å². The molecule has 0 amide bonds. The summed E-state index contributed by atoms with van der Waals surface area (Å²) in [5, 5.41) is 22.7. The first-order valence-corrected chi connectivity index (χ1v) is 11.8. The number of nitrogens with zero attached hydrogens (tertiary/aromatic N) is 2. The molecule has 0 radical (unpaired) electrons. The lowest BCUT2D eigenvalue weighted by molar-refractivity contribution is 0.152. The van der Waals surface area contributed by atoms with Crippen molar-refractivity contribution in [2.45, 2.75) is 18.4 Å². The Kier molecular flexibility index (Phi) is 7.36. The molecule has 182 valence electrons. The third-order valence-corrected chi connectivity index (χ3v) is 6.60. The lowest BCUT2D eigenvalue weighted by Gasteiger charge is -2.32. The van der Waals surface area contributed by atoms with Crippen LogP contribution in [0.15, 0.2) is 70.6 Å². The number of halogens is 2. The second kappa shape index (κ2) is 10.3. The molecule has 35 heavy (non-hydrogen) atoms. The first-order valence-electron chi connectivity index (χ1n) is 11.1. The Morgan fingerprint density at radius 1 is 0.914 bits per heavy atom. The van der Waals surface area contributed by atoms with E-state index < -0.39 is 5.60 Å². The van der Waals surface area contributed by atoms with Crippen molar-refractivity contribution in [3.8, 4) is 17.2 Å². The molecule has 1 fully saturated rings. The SMILES string of the molecule is CN=C(N=C(C1CC1)C(O)(c1cccc(OC)c1)c1cccc(OC)c1)c1cc(Cl)c(O)c(Cl)c1. The molecule has 0 unspecified atom stereocenters. The molecular weight excluding hydrogens is 487 g/mol. The van der Waals surface area contributed by atoms with Crippen molar-refractivity contribution in [1.82, 2.24) is 0 Å². The van der Waals surface area contributed by atoms with Crippen molar-refractivity contribution in [2.24, 2.45) is 15.9 Å². The highest BCUT2D eigenvalue weighted by Gasteiger charge is 2.45. The summed E-state index contributed by atoms with van der Waals surface area (Å²) in [6.45, 7) is 0. The second-order valence-electron chi connectivity index (χ2n) is 8.28. The number of ether oxygens (including phenoxy) is 2. The Bertz CT molecular complexity index is 1230. The first kappa shape index (κ1) is 25.0. The summed E-state index contributed by atoms with van der Waals surface area (Å²) >= 11 is 12.3. The number of rotatable bonds is 7. The zero-order chi connectivity index (χ0) is 25.2. The van der Waals surface area contributed by atoms with E-state index in [1.54, 1.807) is 45.5 Å². The van der Waals surface area contributed by atoms with Gasteiger partial charge in [-0.25, -0.2) is 4.99 Å². The van der Waals surface area contributed by atoms with Crippen molar-refractivity contribution < 1.29 is 19.7 Å². The van der Waals surface area contributed by atoms with Crippen LogP contribution >= 0.6 is 23.2 Å². The summed E-state index contributed by atoms with van der Waals surface area (Å²) in [5.74, 6) is 1.39. The molecule has 1 saturated carbocycles. The third kappa shape index (κ3) is 5.01. The highest BCUT2D eigenvalue weighted by atomic mass is 35.5. The Labute approximate surface area is 214 Å². The highest BCUT2D eigenvalue weighted by Crippen LogP contribution is 2.44. The summed E-state index contributed by atoms with van der Waals surface area (Å²) in [6.07, 6.45) is 1.76. The fraction of sp³-hybridized carbons (Fsp3) is 0.259. The predicted molar refractivity (Wildman–Crippen MR) is 140 cm³/mol. The van der Waals surface area contributed by atoms with E-state index in [1.807, 2.05) is 36.4 Å². The molecule has 3 aromatic rings. The van der Waals surface area contributed by atoms with Gasteiger partial charge in [0.15, 0.2) is 17.2 Å². The number of hydrogen-bond donors (Lipinski definition) is 2. The van der Waals surface area contributed by atoms with Crippen LogP contribution in [-0.2, 0) is 5.60 Å². The van der Waals surface area contributed by atoms with Gasteiger partial charge in [-0.1, -0.05) is 47.5 Å². The van der Waals surface area contributed by atoms with E-state index in [0.717, 1.165) is 12.8 Å². The Morgan fingerprint density at radius 2 is 1.43 bits per heavy atom. The maximum atomic E-state index is 12.5. The van der Waals surface area contributed by atoms with Gasteiger partial charge in [0.2, 0.25) is 0 Å². The van der Waals surface area contributed by atoms with Crippen LogP contribution in [0.5, 0.6) is 17.2 Å². The lowest BCUT2D eigenvalue weighted by atomic mass is 9.80. The van der Waals surface area contributed by atoms with Gasteiger partial charge in [0.25, 0.3) is 0 Å². The van der Waals surface area contributed by atoms with E-state index in [9.17, 15) is 10.2 Å². The van der Waals surface area contributed by atoms with E-state index in [0.29, 0.717) is 39.7 Å². The molecule has 0 aromatic heterocycles. The van der Waals surface area contributed by atoms with E-state index in [4.69, 9.17) is 37.7 Å². The van der Waals surface area contributed by atoms with Gasteiger partial charge in [-0.2, -0.15) is 0 Å². The van der Waals surface area contributed by atoms with E-state index >= 15 is 0 Å². The molecule has 0 atom stereocenters. The molecule has 0 heterocycles. The minimum atomic E-state index is -1.59. The summed E-state index contributed by atoms with van der Waals surface area (Å²) < 4.78 is 10.9. The molecule has 3 aromatic carbocycles. The van der Waals surface area contributed by atoms with Crippen LogP contribution in [-0.4, -0.2) is 43.0 Å². The van der Waals surface area contributed by atoms with Crippen molar-refractivity contribution in [3.63, 3.8) is 0 Å². The Balaban J connectivity index is 1.95. The van der Waals surface area contributed by atoms with Gasteiger partial charge in [0.1, 0.15) is 11.5 Å². The quantitative estimate of drug-likeness (QED) is 0.305.